The monoisotopic (exact) mass is 480 g/mol. The summed E-state index contributed by atoms with van der Waals surface area (Å²) in [6, 6.07) is 15.2. The molecule has 2 aromatic carbocycles. The van der Waals surface area contributed by atoms with Gasteiger partial charge in [0.2, 0.25) is 10.0 Å². The van der Waals surface area contributed by atoms with Crippen molar-refractivity contribution < 1.29 is 13.2 Å². The van der Waals surface area contributed by atoms with Crippen LogP contribution in [0.5, 0.6) is 0 Å². The lowest BCUT2D eigenvalue weighted by Gasteiger charge is -2.26. The summed E-state index contributed by atoms with van der Waals surface area (Å²) in [6.45, 7) is 7.21. The van der Waals surface area contributed by atoms with Gasteiger partial charge in [0.05, 0.1) is 17.9 Å². The van der Waals surface area contributed by atoms with Crippen LogP contribution >= 0.6 is 0 Å². The SMILES string of the molecule is CCc1cccc(NC(=O)c2ccc(Cn3nc(C)c(S(=O)(=O)N4CCCCC4)c3C)cc2)c1. The minimum atomic E-state index is -3.55. The number of anilines is 1. The van der Waals surface area contributed by atoms with Gasteiger partial charge in [-0.1, -0.05) is 37.6 Å². The second kappa shape index (κ2) is 10.1. The summed E-state index contributed by atoms with van der Waals surface area (Å²) in [5, 5.41) is 7.47. The first kappa shape index (κ1) is 24.2. The Hall–Kier alpha value is -2.97. The number of aromatic nitrogens is 2. The Labute approximate surface area is 201 Å². The van der Waals surface area contributed by atoms with Crippen LogP contribution in [0.3, 0.4) is 0 Å². The number of benzene rings is 2. The quantitative estimate of drug-likeness (QED) is 0.538. The van der Waals surface area contributed by atoms with E-state index in [-0.39, 0.29) is 5.91 Å². The minimum absolute atomic E-state index is 0.166. The van der Waals surface area contributed by atoms with E-state index in [4.69, 9.17) is 0 Å². The van der Waals surface area contributed by atoms with Crippen LogP contribution in [0.4, 0.5) is 5.69 Å². The smallest absolute Gasteiger partial charge is 0.255 e. The zero-order valence-corrected chi connectivity index (χ0v) is 20.9. The maximum Gasteiger partial charge on any atom is 0.255 e. The maximum atomic E-state index is 13.2. The molecule has 0 spiro atoms. The highest BCUT2D eigenvalue weighted by Crippen LogP contribution is 2.26. The first-order chi connectivity index (χ1) is 16.3. The fraction of sp³-hybridized carbons (Fsp3) is 0.385. The fourth-order valence-electron chi connectivity index (χ4n) is 4.45. The number of sulfonamides is 1. The Balaban J connectivity index is 1.48. The van der Waals surface area contributed by atoms with Crippen LogP contribution < -0.4 is 5.32 Å². The van der Waals surface area contributed by atoms with E-state index in [1.807, 2.05) is 43.3 Å². The summed E-state index contributed by atoms with van der Waals surface area (Å²) in [6.07, 6.45) is 3.78. The minimum Gasteiger partial charge on any atom is -0.322 e. The molecule has 0 bridgehead atoms. The van der Waals surface area contributed by atoms with Crippen molar-refractivity contribution in [1.29, 1.82) is 0 Å². The number of piperidine rings is 1. The molecule has 1 amide bonds. The highest BCUT2D eigenvalue weighted by atomic mass is 32.2. The molecule has 1 aliphatic heterocycles. The Morgan fingerprint density at radius 2 is 1.71 bits per heavy atom. The number of amides is 1. The standard InChI is InChI=1S/C26H32N4O3S/c1-4-21-9-8-10-24(17-21)27-26(31)23-13-11-22(12-14-23)18-30-20(3)25(19(2)28-30)34(32,33)29-15-6-5-7-16-29/h8-14,17H,4-7,15-16,18H2,1-3H3,(H,27,31). The second-order valence-corrected chi connectivity index (χ2v) is 10.7. The van der Waals surface area contributed by atoms with Crippen LogP contribution in [0.25, 0.3) is 0 Å². The number of nitrogens with one attached hydrogen (secondary N) is 1. The molecule has 4 rings (SSSR count). The molecule has 1 N–H and O–H groups in total. The van der Waals surface area contributed by atoms with Gasteiger partial charge in [-0.05, 0) is 68.5 Å². The molecule has 1 fully saturated rings. The average molecular weight is 481 g/mol. The van der Waals surface area contributed by atoms with Crippen LogP contribution in [0.15, 0.2) is 53.4 Å². The maximum absolute atomic E-state index is 13.2. The molecular formula is C26H32N4O3S. The lowest BCUT2D eigenvalue weighted by molar-refractivity contribution is 0.102. The third-order valence-electron chi connectivity index (χ3n) is 6.37. The number of aryl methyl sites for hydroxylation is 2. The average Bonchev–Trinajstić information content (AvgIpc) is 3.13. The van der Waals surface area contributed by atoms with Crippen molar-refractivity contribution >= 4 is 21.6 Å². The third kappa shape index (κ3) is 5.08. The second-order valence-electron chi connectivity index (χ2n) is 8.83. The van der Waals surface area contributed by atoms with Gasteiger partial charge in [-0.15, -0.1) is 0 Å². The van der Waals surface area contributed by atoms with Gasteiger partial charge < -0.3 is 5.32 Å². The summed E-state index contributed by atoms with van der Waals surface area (Å²) >= 11 is 0. The predicted octanol–water partition coefficient (Wildman–Crippen LogP) is 4.54. The molecular weight excluding hydrogens is 448 g/mol. The zero-order valence-electron chi connectivity index (χ0n) is 20.0. The van der Waals surface area contributed by atoms with Crippen molar-refractivity contribution in [2.45, 2.75) is 57.9 Å². The van der Waals surface area contributed by atoms with Crippen molar-refractivity contribution in [3.8, 4) is 0 Å². The van der Waals surface area contributed by atoms with E-state index in [1.54, 1.807) is 28.0 Å². The highest BCUT2D eigenvalue weighted by molar-refractivity contribution is 7.89. The molecule has 0 radical (unpaired) electrons. The van der Waals surface area contributed by atoms with E-state index < -0.39 is 10.0 Å². The molecule has 7 nitrogen and oxygen atoms in total. The summed E-state index contributed by atoms with van der Waals surface area (Å²) in [5.74, 6) is -0.166. The Morgan fingerprint density at radius 1 is 1.00 bits per heavy atom. The van der Waals surface area contributed by atoms with Gasteiger partial charge in [0.25, 0.3) is 5.91 Å². The third-order valence-corrected chi connectivity index (χ3v) is 8.52. The number of carbonyl (C=O) groups excluding carboxylic acids is 1. The van der Waals surface area contributed by atoms with Crippen LogP contribution in [-0.4, -0.2) is 41.5 Å². The molecule has 8 heteroatoms. The van der Waals surface area contributed by atoms with Gasteiger partial charge in [0, 0.05) is 24.3 Å². The number of nitrogens with zero attached hydrogens (tertiary/aromatic N) is 3. The fourth-order valence-corrected chi connectivity index (χ4v) is 6.34. The summed E-state index contributed by atoms with van der Waals surface area (Å²) in [7, 11) is -3.55. The zero-order chi connectivity index (χ0) is 24.3. The summed E-state index contributed by atoms with van der Waals surface area (Å²) in [4.78, 5) is 13.0. The van der Waals surface area contributed by atoms with Crippen molar-refractivity contribution in [3.63, 3.8) is 0 Å². The van der Waals surface area contributed by atoms with Crippen LogP contribution in [0, 0.1) is 13.8 Å². The van der Waals surface area contributed by atoms with Crippen LogP contribution in [-0.2, 0) is 23.0 Å². The Kier molecular flexibility index (Phi) is 7.19. The van der Waals surface area contributed by atoms with E-state index in [0.29, 0.717) is 41.5 Å². The highest BCUT2D eigenvalue weighted by Gasteiger charge is 2.31. The van der Waals surface area contributed by atoms with E-state index in [1.165, 1.54) is 5.56 Å². The largest absolute Gasteiger partial charge is 0.322 e. The molecule has 1 saturated heterocycles. The van der Waals surface area contributed by atoms with Gasteiger partial charge in [0.15, 0.2) is 0 Å². The van der Waals surface area contributed by atoms with Crippen molar-refractivity contribution in [1.82, 2.24) is 14.1 Å². The van der Waals surface area contributed by atoms with Crippen LogP contribution in [0.1, 0.15) is 59.1 Å². The molecule has 180 valence electrons. The van der Waals surface area contributed by atoms with Crippen LogP contribution in [0.2, 0.25) is 0 Å². The molecule has 0 aliphatic carbocycles. The van der Waals surface area contributed by atoms with E-state index in [2.05, 4.69) is 17.3 Å². The lowest BCUT2D eigenvalue weighted by Crippen LogP contribution is -2.36. The summed E-state index contributed by atoms with van der Waals surface area (Å²) < 4.78 is 29.8. The van der Waals surface area contributed by atoms with Gasteiger partial charge in [-0.25, -0.2) is 8.42 Å². The topological polar surface area (TPSA) is 84.3 Å². The molecule has 0 saturated carbocycles. The number of carbonyl (C=O) groups is 1. The molecule has 2 heterocycles. The van der Waals surface area contributed by atoms with E-state index >= 15 is 0 Å². The van der Waals surface area contributed by atoms with E-state index in [0.717, 1.165) is 36.9 Å². The number of hydrogen-bond acceptors (Lipinski definition) is 4. The predicted molar refractivity (Wildman–Crippen MR) is 134 cm³/mol. The van der Waals surface area contributed by atoms with Gasteiger partial charge in [0.1, 0.15) is 4.90 Å². The first-order valence-electron chi connectivity index (χ1n) is 11.8. The molecule has 1 aliphatic rings. The lowest BCUT2D eigenvalue weighted by atomic mass is 10.1. The number of hydrogen-bond donors (Lipinski definition) is 1. The molecule has 1 aromatic heterocycles. The van der Waals surface area contributed by atoms with Crippen molar-refractivity contribution in [2.24, 2.45) is 0 Å². The molecule has 34 heavy (non-hydrogen) atoms. The first-order valence-corrected chi connectivity index (χ1v) is 13.3. The van der Waals surface area contributed by atoms with Gasteiger partial charge in [-0.2, -0.15) is 9.40 Å². The number of rotatable bonds is 7. The molecule has 3 aromatic rings. The Bertz CT molecular complexity index is 1270. The van der Waals surface area contributed by atoms with Gasteiger partial charge >= 0.3 is 0 Å². The van der Waals surface area contributed by atoms with Crippen molar-refractivity contribution in [3.05, 3.63) is 76.6 Å². The van der Waals surface area contributed by atoms with Crippen molar-refractivity contribution in [2.75, 3.05) is 18.4 Å². The van der Waals surface area contributed by atoms with Gasteiger partial charge in [-0.3, -0.25) is 9.48 Å². The Morgan fingerprint density at radius 3 is 2.38 bits per heavy atom. The molecule has 0 unspecified atom stereocenters. The van der Waals surface area contributed by atoms with E-state index in [9.17, 15) is 13.2 Å². The summed E-state index contributed by atoms with van der Waals surface area (Å²) in [5.41, 5.74) is 4.61. The molecule has 0 atom stereocenters. The normalized spacial score (nSPS) is 14.8.